The van der Waals surface area contributed by atoms with Crippen LogP contribution in [-0.2, 0) is 10.0 Å². The van der Waals surface area contributed by atoms with Gasteiger partial charge in [0.1, 0.15) is 11.8 Å². The second-order valence-corrected chi connectivity index (χ2v) is 8.55. The van der Waals surface area contributed by atoms with E-state index in [4.69, 9.17) is 27.9 Å². The predicted octanol–water partition coefficient (Wildman–Crippen LogP) is 3.43. The summed E-state index contributed by atoms with van der Waals surface area (Å²) in [5, 5.41) is 11.3. The minimum atomic E-state index is -4.11. The summed E-state index contributed by atoms with van der Waals surface area (Å²) >= 11 is 11.7. The molecule has 2 aromatic rings. The number of nitrogens with zero attached hydrogens (tertiary/aromatic N) is 1. The molecule has 0 radical (unpaired) electrons. The van der Waals surface area contributed by atoms with Gasteiger partial charge in [-0.3, -0.25) is 10.1 Å². The molecule has 0 unspecified atom stereocenters. The van der Waals surface area contributed by atoms with Crippen molar-refractivity contribution < 1.29 is 18.1 Å². The Morgan fingerprint density at radius 1 is 1.12 bits per heavy atom. The molecule has 0 fully saturated rings. The molecule has 0 spiro atoms. The quantitative estimate of drug-likeness (QED) is 0.321. The second kappa shape index (κ2) is 7.79. The maximum Gasteiger partial charge on any atom is 0.390 e. The van der Waals surface area contributed by atoms with Crippen molar-refractivity contribution in [3.05, 3.63) is 69.8 Å². The summed E-state index contributed by atoms with van der Waals surface area (Å²) in [4.78, 5) is 10.3. The number of hydrogen-bond donors (Lipinski definition) is 1. The second-order valence-electron chi connectivity index (χ2n) is 5.49. The van der Waals surface area contributed by atoms with E-state index in [1.165, 1.54) is 43.5 Å². The van der Waals surface area contributed by atoms with Gasteiger partial charge in [-0.2, -0.15) is 4.72 Å². The van der Waals surface area contributed by atoms with E-state index in [0.717, 1.165) is 5.56 Å². The Bertz CT molecular complexity index is 884. The highest BCUT2D eigenvalue weighted by Crippen LogP contribution is 2.38. The molecule has 0 amide bonds. The van der Waals surface area contributed by atoms with Crippen molar-refractivity contribution in [3.8, 4) is 5.75 Å². The highest BCUT2D eigenvalue weighted by Gasteiger charge is 2.50. The van der Waals surface area contributed by atoms with Crippen LogP contribution < -0.4 is 9.46 Å². The molecule has 140 valence electrons. The van der Waals surface area contributed by atoms with Crippen LogP contribution in [0, 0.1) is 17.0 Å². The number of nitro groups is 1. The highest BCUT2D eigenvalue weighted by atomic mass is 35.5. The molecule has 2 rings (SSSR count). The van der Waals surface area contributed by atoms with E-state index in [1.54, 1.807) is 19.1 Å². The van der Waals surface area contributed by atoms with Crippen LogP contribution in [0.3, 0.4) is 0 Å². The van der Waals surface area contributed by atoms with Gasteiger partial charge in [0.15, 0.2) is 0 Å². The molecule has 0 aliphatic rings. The van der Waals surface area contributed by atoms with Gasteiger partial charge < -0.3 is 4.74 Å². The molecular weight excluding hydrogens is 403 g/mol. The van der Waals surface area contributed by atoms with Gasteiger partial charge in [0.05, 0.1) is 16.9 Å². The fourth-order valence-electron chi connectivity index (χ4n) is 2.18. The van der Waals surface area contributed by atoms with Crippen molar-refractivity contribution in [2.45, 2.75) is 22.3 Å². The van der Waals surface area contributed by atoms with E-state index in [2.05, 4.69) is 4.72 Å². The number of alkyl halides is 2. The Morgan fingerprint density at radius 3 is 2.12 bits per heavy atom. The minimum Gasteiger partial charge on any atom is -0.497 e. The minimum absolute atomic E-state index is 0.0610. The molecular formula is C16H16Cl2N2O5S. The molecule has 10 heteroatoms. The zero-order valence-electron chi connectivity index (χ0n) is 13.8. The summed E-state index contributed by atoms with van der Waals surface area (Å²) in [5.41, 5.74) is 1.08. The van der Waals surface area contributed by atoms with Crippen LogP contribution in [0.5, 0.6) is 5.75 Å². The van der Waals surface area contributed by atoms with Crippen molar-refractivity contribution in [2.24, 2.45) is 0 Å². The van der Waals surface area contributed by atoms with Gasteiger partial charge in [-0.1, -0.05) is 29.8 Å². The Labute approximate surface area is 161 Å². The predicted molar refractivity (Wildman–Crippen MR) is 98.7 cm³/mol. The van der Waals surface area contributed by atoms with Gasteiger partial charge in [-0.15, -0.1) is 0 Å². The van der Waals surface area contributed by atoms with Crippen LogP contribution in [0.25, 0.3) is 0 Å². The van der Waals surface area contributed by atoms with Crippen LogP contribution >= 0.6 is 23.2 Å². The van der Waals surface area contributed by atoms with Gasteiger partial charge in [0, 0.05) is 0 Å². The highest BCUT2D eigenvalue weighted by molar-refractivity contribution is 7.89. The molecule has 0 saturated heterocycles. The Hall–Kier alpha value is -1.87. The lowest BCUT2D eigenvalue weighted by atomic mass is 10.1. The molecule has 0 bridgehead atoms. The third-order valence-corrected chi connectivity index (χ3v) is 5.80. The van der Waals surface area contributed by atoms with Crippen molar-refractivity contribution in [1.82, 2.24) is 4.72 Å². The topological polar surface area (TPSA) is 98.5 Å². The number of methoxy groups -OCH3 is 1. The van der Waals surface area contributed by atoms with E-state index in [-0.39, 0.29) is 10.5 Å². The molecule has 2 aromatic carbocycles. The number of nitrogens with one attached hydrogen (secondary N) is 1. The molecule has 0 aliphatic heterocycles. The van der Waals surface area contributed by atoms with E-state index in [1.807, 2.05) is 0 Å². The number of benzene rings is 2. The first-order valence-corrected chi connectivity index (χ1v) is 9.57. The van der Waals surface area contributed by atoms with E-state index in [0.29, 0.717) is 5.75 Å². The first-order valence-electron chi connectivity index (χ1n) is 7.33. The van der Waals surface area contributed by atoms with Crippen LogP contribution in [0.15, 0.2) is 53.4 Å². The van der Waals surface area contributed by atoms with Crippen LogP contribution in [0.4, 0.5) is 0 Å². The summed E-state index contributed by atoms with van der Waals surface area (Å²) in [6.45, 7) is 1.80. The lowest BCUT2D eigenvalue weighted by molar-refractivity contribution is -0.520. The zero-order chi connectivity index (χ0) is 19.5. The summed E-state index contributed by atoms with van der Waals surface area (Å²) in [6.07, 6.45) is 0. The van der Waals surface area contributed by atoms with E-state index < -0.39 is 25.4 Å². The fraction of sp³-hybridized carbons (Fsp3) is 0.250. The first-order chi connectivity index (χ1) is 12.1. The number of hydrogen-bond acceptors (Lipinski definition) is 5. The average Bonchev–Trinajstić information content (AvgIpc) is 2.60. The van der Waals surface area contributed by atoms with Gasteiger partial charge >= 0.3 is 4.46 Å². The number of ether oxygens (including phenoxy) is 1. The molecule has 26 heavy (non-hydrogen) atoms. The zero-order valence-corrected chi connectivity index (χ0v) is 16.2. The molecule has 0 saturated carbocycles. The Morgan fingerprint density at radius 2 is 1.65 bits per heavy atom. The van der Waals surface area contributed by atoms with Crippen LogP contribution in [0.1, 0.15) is 17.2 Å². The van der Waals surface area contributed by atoms with Crippen molar-refractivity contribution >= 4 is 33.2 Å². The third kappa shape index (κ3) is 4.45. The van der Waals surface area contributed by atoms with Gasteiger partial charge in [-0.25, -0.2) is 8.42 Å². The molecule has 1 atom stereocenters. The molecule has 0 aromatic heterocycles. The van der Waals surface area contributed by atoms with Crippen molar-refractivity contribution in [2.75, 3.05) is 7.11 Å². The Kier molecular flexibility index (Phi) is 6.13. The summed E-state index contributed by atoms with van der Waals surface area (Å²) in [6, 6.07) is 10.4. The van der Waals surface area contributed by atoms with E-state index in [9.17, 15) is 18.5 Å². The average molecular weight is 419 g/mol. The number of sulfonamides is 1. The number of halogens is 2. The summed E-state index contributed by atoms with van der Waals surface area (Å²) in [7, 11) is -2.66. The Balaban J connectivity index is 2.46. The van der Waals surface area contributed by atoms with Crippen molar-refractivity contribution in [3.63, 3.8) is 0 Å². The first kappa shape index (κ1) is 20.4. The van der Waals surface area contributed by atoms with Crippen molar-refractivity contribution in [1.29, 1.82) is 0 Å². The maximum absolute atomic E-state index is 12.6. The smallest absolute Gasteiger partial charge is 0.390 e. The largest absolute Gasteiger partial charge is 0.497 e. The molecule has 0 aliphatic carbocycles. The lowest BCUT2D eigenvalue weighted by Crippen LogP contribution is -2.43. The van der Waals surface area contributed by atoms with Crippen LogP contribution in [-0.4, -0.2) is 24.9 Å². The number of rotatable bonds is 7. The number of aryl methyl sites for hydroxylation is 1. The fourth-order valence-corrected chi connectivity index (χ4v) is 3.92. The lowest BCUT2D eigenvalue weighted by Gasteiger charge is -2.24. The van der Waals surface area contributed by atoms with Gasteiger partial charge in [0.25, 0.3) is 0 Å². The molecule has 7 nitrogen and oxygen atoms in total. The maximum atomic E-state index is 12.6. The SMILES string of the molecule is COc1ccc([C@H](NS(=O)(=O)c2ccc(C)cc2)C(Cl)(Cl)[N+](=O)[O-])cc1. The summed E-state index contributed by atoms with van der Waals surface area (Å²) < 4.78 is 29.9. The van der Waals surface area contributed by atoms with Gasteiger partial charge in [0.2, 0.25) is 10.0 Å². The normalized spacial score (nSPS) is 13.2. The molecule has 1 N–H and O–H groups in total. The standard InChI is InChI=1S/C16H16Cl2N2O5S/c1-11-3-9-14(10-4-11)26(23,24)19-15(16(17,18)20(21)22)12-5-7-13(25-2)8-6-12/h3-10,15,19H,1-2H3/t15-/m0/s1. The van der Waals surface area contributed by atoms with E-state index >= 15 is 0 Å². The summed E-state index contributed by atoms with van der Waals surface area (Å²) in [5.74, 6) is 0.490. The molecule has 0 heterocycles. The van der Waals surface area contributed by atoms with Crippen LogP contribution in [0.2, 0.25) is 0 Å². The van der Waals surface area contributed by atoms with Gasteiger partial charge in [-0.05, 0) is 60.0 Å². The monoisotopic (exact) mass is 418 g/mol. The third-order valence-electron chi connectivity index (χ3n) is 3.64.